The van der Waals surface area contributed by atoms with Gasteiger partial charge in [-0.2, -0.15) is 0 Å². The quantitative estimate of drug-likeness (QED) is 0.657. The number of anilines is 2. The number of esters is 1. The highest BCUT2D eigenvalue weighted by atomic mass is 35.5. The molecule has 1 heterocycles. The number of nitrogen functional groups attached to an aromatic ring is 2. The van der Waals surface area contributed by atoms with Gasteiger partial charge in [0.2, 0.25) is 0 Å². The SMILES string of the molecule is COC(=O)c1nc(-c2c(N)ccc(F)c2F)cc(N)c1Cl. The fourth-order valence-electron chi connectivity index (χ4n) is 1.74. The van der Waals surface area contributed by atoms with Crippen molar-refractivity contribution in [3.05, 3.63) is 40.6 Å². The molecule has 0 bridgehead atoms. The molecule has 1 aromatic heterocycles. The number of nitrogens with zero attached hydrogens (tertiary/aromatic N) is 1. The van der Waals surface area contributed by atoms with E-state index in [0.29, 0.717) is 0 Å². The summed E-state index contributed by atoms with van der Waals surface area (Å²) in [7, 11) is 1.13. The minimum atomic E-state index is -1.19. The zero-order chi connectivity index (χ0) is 15.7. The highest BCUT2D eigenvalue weighted by molar-refractivity contribution is 6.35. The van der Waals surface area contributed by atoms with Gasteiger partial charge in [0, 0.05) is 5.69 Å². The Labute approximate surface area is 123 Å². The van der Waals surface area contributed by atoms with Crippen molar-refractivity contribution in [1.82, 2.24) is 4.98 Å². The zero-order valence-corrected chi connectivity index (χ0v) is 11.5. The minimum Gasteiger partial charge on any atom is -0.464 e. The molecule has 8 heteroatoms. The van der Waals surface area contributed by atoms with Crippen LogP contribution >= 0.6 is 11.6 Å². The number of pyridine rings is 1. The average molecular weight is 314 g/mol. The van der Waals surface area contributed by atoms with Crippen molar-refractivity contribution in [3.63, 3.8) is 0 Å². The summed E-state index contributed by atoms with van der Waals surface area (Å²) in [4.78, 5) is 15.4. The van der Waals surface area contributed by atoms with Crippen molar-refractivity contribution >= 4 is 28.9 Å². The maximum absolute atomic E-state index is 13.9. The Bertz CT molecular complexity index is 738. The molecule has 0 aliphatic carbocycles. The first-order valence-electron chi connectivity index (χ1n) is 5.65. The van der Waals surface area contributed by atoms with E-state index in [4.69, 9.17) is 23.1 Å². The number of halogens is 3. The molecule has 2 rings (SSSR count). The number of methoxy groups -OCH3 is 1. The molecule has 2 aromatic rings. The van der Waals surface area contributed by atoms with Gasteiger partial charge < -0.3 is 16.2 Å². The van der Waals surface area contributed by atoms with E-state index in [9.17, 15) is 13.6 Å². The maximum Gasteiger partial charge on any atom is 0.358 e. The summed E-state index contributed by atoms with van der Waals surface area (Å²) in [5.74, 6) is -3.15. The number of hydrogen-bond acceptors (Lipinski definition) is 5. The van der Waals surface area contributed by atoms with E-state index < -0.39 is 17.6 Å². The number of carbonyl (C=O) groups is 1. The fourth-order valence-corrected chi connectivity index (χ4v) is 1.91. The lowest BCUT2D eigenvalue weighted by molar-refractivity contribution is 0.0594. The van der Waals surface area contributed by atoms with E-state index in [1.54, 1.807) is 0 Å². The summed E-state index contributed by atoms with van der Waals surface area (Å²) in [6.45, 7) is 0. The summed E-state index contributed by atoms with van der Waals surface area (Å²) in [5, 5.41) is -0.138. The van der Waals surface area contributed by atoms with Crippen LogP contribution in [0, 0.1) is 11.6 Å². The minimum absolute atomic E-state index is 0.0369. The van der Waals surface area contributed by atoms with Crippen LogP contribution in [0.3, 0.4) is 0 Å². The van der Waals surface area contributed by atoms with Crippen LogP contribution in [0.1, 0.15) is 10.5 Å². The van der Waals surface area contributed by atoms with Crippen molar-refractivity contribution in [3.8, 4) is 11.3 Å². The lowest BCUT2D eigenvalue weighted by Gasteiger charge is -2.11. The molecular weight excluding hydrogens is 304 g/mol. The lowest BCUT2D eigenvalue weighted by Crippen LogP contribution is -2.09. The number of nitrogens with two attached hydrogens (primary N) is 2. The molecule has 5 nitrogen and oxygen atoms in total. The van der Waals surface area contributed by atoms with Crippen molar-refractivity contribution in [2.24, 2.45) is 0 Å². The summed E-state index contributed by atoms with van der Waals surface area (Å²) in [6.07, 6.45) is 0. The first-order valence-corrected chi connectivity index (χ1v) is 6.02. The van der Waals surface area contributed by atoms with Gasteiger partial charge >= 0.3 is 5.97 Å². The molecule has 0 unspecified atom stereocenters. The van der Waals surface area contributed by atoms with Gasteiger partial charge in [0.05, 0.1) is 29.1 Å². The average Bonchev–Trinajstić information content (AvgIpc) is 2.46. The highest BCUT2D eigenvalue weighted by Crippen LogP contribution is 2.33. The summed E-state index contributed by atoms with van der Waals surface area (Å²) < 4.78 is 31.8. The van der Waals surface area contributed by atoms with Crippen LogP contribution in [0.15, 0.2) is 18.2 Å². The topological polar surface area (TPSA) is 91.2 Å². The second-order valence-electron chi connectivity index (χ2n) is 4.08. The molecule has 0 saturated heterocycles. The predicted molar refractivity (Wildman–Crippen MR) is 74.8 cm³/mol. The number of benzene rings is 1. The van der Waals surface area contributed by atoms with Gasteiger partial charge in [-0.25, -0.2) is 18.6 Å². The Kier molecular flexibility index (Phi) is 3.95. The molecule has 0 aliphatic heterocycles. The van der Waals surface area contributed by atoms with Gasteiger partial charge in [-0.15, -0.1) is 0 Å². The second kappa shape index (κ2) is 5.53. The normalized spacial score (nSPS) is 10.5. The van der Waals surface area contributed by atoms with Crippen LogP contribution in [-0.4, -0.2) is 18.1 Å². The summed E-state index contributed by atoms with van der Waals surface area (Å²) in [6, 6.07) is 3.26. The number of hydrogen-bond donors (Lipinski definition) is 2. The predicted octanol–water partition coefficient (Wildman–Crippen LogP) is 2.63. The monoisotopic (exact) mass is 313 g/mol. The molecule has 0 fully saturated rings. The molecule has 0 radical (unpaired) electrons. The Balaban J connectivity index is 2.74. The molecule has 0 atom stereocenters. The van der Waals surface area contributed by atoms with E-state index in [2.05, 4.69) is 9.72 Å². The standard InChI is InChI=1S/C13H10ClF2N3O2/c1-21-13(20)12-10(14)7(18)4-8(19-12)9-6(17)3-2-5(15)11(9)16/h2-4H,17H2,1H3,(H2,18,19). The van der Waals surface area contributed by atoms with Crippen LogP contribution < -0.4 is 11.5 Å². The molecule has 21 heavy (non-hydrogen) atoms. The van der Waals surface area contributed by atoms with Crippen LogP contribution in [0.5, 0.6) is 0 Å². The maximum atomic E-state index is 13.9. The van der Waals surface area contributed by atoms with Gasteiger partial charge in [-0.1, -0.05) is 11.6 Å². The van der Waals surface area contributed by atoms with Gasteiger partial charge in [0.15, 0.2) is 17.3 Å². The number of ether oxygens (including phenoxy) is 1. The van der Waals surface area contributed by atoms with Gasteiger partial charge in [-0.05, 0) is 18.2 Å². The molecule has 0 spiro atoms. The molecular formula is C13H10ClF2N3O2. The van der Waals surface area contributed by atoms with Crippen LogP contribution in [0.2, 0.25) is 5.02 Å². The van der Waals surface area contributed by atoms with E-state index in [1.807, 2.05) is 0 Å². The first-order chi connectivity index (χ1) is 9.86. The van der Waals surface area contributed by atoms with Crippen molar-refractivity contribution < 1.29 is 18.3 Å². The molecule has 4 N–H and O–H groups in total. The third-order valence-electron chi connectivity index (χ3n) is 2.75. The van der Waals surface area contributed by atoms with E-state index in [0.717, 1.165) is 13.2 Å². The van der Waals surface area contributed by atoms with E-state index in [1.165, 1.54) is 12.1 Å². The van der Waals surface area contributed by atoms with Gasteiger partial charge in [-0.3, -0.25) is 0 Å². The van der Waals surface area contributed by atoms with E-state index >= 15 is 0 Å². The first kappa shape index (κ1) is 15.0. The number of carbonyl (C=O) groups excluding carboxylic acids is 1. The van der Waals surface area contributed by atoms with Gasteiger partial charge in [0.1, 0.15) is 0 Å². The highest BCUT2D eigenvalue weighted by Gasteiger charge is 2.21. The van der Waals surface area contributed by atoms with Gasteiger partial charge in [0.25, 0.3) is 0 Å². The zero-order valence-electron chi connectivity index (χ0n) is 10.8. The Hall–Kier alpha value is -2.41. The number of rotatable bonds is 2. The Morgan fingerprint density at radius 3 is 2.57 bits per heavy atom. The van der Waals surface area contributed by atoms with Crippen molar-refractivity contribution in [2.75, 3.05) is 18.6 Å². The Morgan fingerprint density at radius 2 is 1.95 bits per heavy atom. The van der Waals surface area contributed by atoms with Crippen molar-refractivity contribution in [1.29, 1.82) is 0 Å². The molecule has 0 amide bonds. The van der Waals surface area contributed by atoms with Crippen molar-refractivity contribution in [2.45, 2.75) is 0 Å². The second-order valence-corrected chi connectivity index (χ2v) is 4.45. The largest absolute Gasteiger partial charge is 0.464 e. The molecule has 1 aromatic carbocycles. The fraction of sp³-hybridized carbons (Fsp3) is 0.0769. The summed E-state index contributed by atoms with van der Waals surface area (Å²) in [5.41, 5.74) is 10.5. The molecule has 0 aliphatic rings. The molecule has 110 valence electrons. The lowest BCUT2D eigenvalue weighted by atomic mass is 10.1. The third kappa shape index (κ3) is 2.59. The van der Waals surface area contributed by atoms with Crippen LogP contribution in [0.4, 0.5) is 20.2 Å². The summed E-state index contributed by atoms with van der Waals surface area (Å²) >= 11 is 5.85. The van der Waals surface area contributed by atoms with E-state index in [-0.39, 0.29) is 33.3 Å². The third-order valence-corrected chi connectivity index (χ3v) is 3.15. The molecule has 0 saturated carbocycles. The smallest absolute Gasteiger partial charge is 0.358 e. The number of aromatic nitrogens is 1. The van der Waals surface area contributed by atoms with Crippen LogP contribution in [-0.2, 0) is 4.74 Å². The Morgan fingerprint density at radius 1 is 1.29 bits per heavy atom. The van der Waals surface area contributed by atoms with Crippen LogP contribution in [0.25, 0.3) is 11.3 Å².